The standard InChI is InChI=1S/C13H22BrClN2/c1-5-11-13(14)12(17(6-2)16-11)8-7-10(15)9(3)4/h9-10H,5-8H2,1-4H3. The van der Waals surface area contributed by atoms with Crippen molar-refractivity contribution >= 4 is 27.5 Å². The van der Waals surface area contributed by atoms with Crippen LogP contribution < -0.4 is 0 Å². The molecule has 0 spiro atoms. The number of rotatable bonds is 6. The Morgan fingerprint density at radius 1 is 1.35 bits per heavy atom. The molecule has 0 bridgehead atoms. The van der Waals surface area contributed by atoms with Gasteiger partial charge in [-0.15, -0.1) is 11.6 Å². The maximum atomic E-state index is 6.31. The summed E-state index contributed by atoms with van der Waals surface area (Å²) >= 11 is 9.97. The van der Waals surface area contributed by atoms with E-state index >= 15 is 0 Å². The molecule has 17 heavy (non-hydrogen) atoms. The van der Waals surface area contributed by atoms with Gasteiger partial charge in [0.05, 0.1) is 15.9 Å². The zero-order valence-corrected chi connectivity index (χ0v) is 13.5. The van der Waals surface area contributed by atoms with Crippen molar-refractivity contribution in [1.29, 1.82) is 0 Å². The van der Waals surface area contributed by atoms with Crippen LogP contribution in [0.25, 0.3) is 0 Å². The van der Waals surface area contributed by atoms with Crippen molar-refractivity contribution in [1.82, 2.24) is 9.78 Å². The summed E-state index contributed by atoms with van der Waals surface area (Å²) in [6, 6.07) is 0. The molecule has 0 aromatic carbocycles. The quantitative estimate of drug-likeness (QED) is 0.709. The highest BCUT2D eigenvalue weighted by Crippen LogP contribution is 2.25. The van der Waals surface area contributed by atoms with E-state index in [1.165, 1.54) is 10.2 Å². The number of halogens is 2. The van der Waals surface area contributed by atoms with Crippen LogP contribution in [0.1, 0.15) is 45.5 Å². The van der Waals surface area contributed by atoms with Crippen LogP contribution in [-0.4, -0.2) is 15.2 Å². The second-order valence-corrected chi connectivity index (χ2v) is 6.03. The van der Waals surface area contributed by atoms with Crippen LogP contribution >= 0.6 is 27.5 Å². The molecule has 1 unspecified atom stereocenters. The second kappa shape index (κ2) is 6.79. The van der Waals surface area contributed by atoms with Crippen LogP contribution in [0.2, 0.25) is 0 Å². The monoisotopic (exact) mass is 320 g/mol. The molecule has 0 saturated carbocycles. The number of aryl methyl sites for hydroxylation is 2. The second-order valence-electron chi connectivity index (χ2n) is 4.68. The molecule has 0 radical (unpaired) electrons. The summed E-state index contributed by atoms with van der Waals surface area (Å²) in [6.45, 7) is 9.52. The van der Waals surface area contributed by atoms with E-state index in [9.17, 15) is 0 Å². The van der Waals surface area contributed by atoms with Gasteiger partial charge in [-0.25, -0.2) is 0 Å². The predicted octanol–water partition coefficient (Wildman–Crippen LogP) is 4.42. The number of alkyl halides is 1. The van der Waals surface area contributed by atoms with Crippen LogP contribution in [0.15, 0.2) is 4.47 Å². The smallest absolute Gasteiger partial charge is 0.0766 e. The third-order valence-electron chi connectivity index (χ3n) is 3.07. The van der Waals surface area contributed by atoms with Gasteiger partial charge in [-0.05, 0) is 48.0 Å². The average molecular weight is 322 g/mol. The summed E-state index contributed by atoms with van der Waals surface area (Å²) in [5, 5.41) is 4.84. The van der Waals surface area contributed by atoms with Crippen LogP contribution in [0.4, 0.5) is 0 Å². The van der Waals surface area contributed by atoms with E-state index in [2.05, 4.69) is 53.4 Å². The lowest BCUT2D eigenvalue weighted by molar-refractivity contribution is 0.542. The molecule has 4 heteroatoms. The maximum Gasteiger partial charge on any atom is 0.0766 e. The minimum atomic E-state index is 0.243. The summed E-state index contributed by atoms with van der Waals surface area (Å²) in [6.07, 6.45) is 2.97. The first-order valence-electron chi connectivity index (χ1n) is 6.39. The first-order valence-corrected chi connectivity index (χ1v) is 7.62. The van der Waals surface area contributed by atoms with E-state index in [4.69, 9.17) is 11.6 Å². The average Bonchev–Trinajstić information content (AvgIpc) is 2.62. The molecular formula is C13H22BrClN2. The van der Waals surface area contributed by atoms with Gasteiger partial charge >= 0.3 is 0 Å². The van der Waals surface area contributed by atoms with E-state index in [0.717, 1.165) is 31.5 Å². The van der Waals surface area contributed by atoms with E-state index < -0.39 is 0 Å². The summed E-state index contributed by atoms with van der Waals surface area (Å²) in [7, 11) is 0. The minimum absolute atomic E-state index is 0.243. The summed E-state index contributed by atoms with van der Waals surface area (Å²) in [4.78, 5) is 0. The van der Waals surface area contributed by atoms with E-state index in [1.54, 1.807) is 0 Å². The Bertz CT molecular complexity index is 361. The van der Waals surface area contributed by atoms with Gasteiger partial charge in [0.15, 0.2) is 0 Å². The highest BCUT2D eigenvalue weighted by atomic mass is 79.9. The Labute approximate surface area is 118 Å². The van der Waals surface area contributed by atoms with Crippen molar-refractivity contribution in [2.45, 2.75) is 58.9 Å². The third-order valence-corrected chi connectivity index (χ3v) is 4.71. The molecule has 0 aliphatic rings. The summed E-state index contributed by atoms with van der Waals surface area (Å²) in [5.41, 5.74) is 2.44. The van der Waals surface area contributed by atoms with Crippen molar-refractivity contribution in [2.24, 2.45) is 5.92 Å². The largest absolute Gasteiger partial charge is 0.268 e. The molecule has 1 rings (SSSR count). The van der Waals surface area contributed by atoms with E-state index in [0.29, 0.717) is 5.92 Å². The SMILES string of the molecule is CCc1nn(CC)c(CCC(Cl)C(C)C)c1Br. The van der Waals surface area contributed by atoms with Gasteiger partial charge in [-0.3, -0.25) is 4.68 Å². The van der Waals surface area contributed by atoms with Gasteiger partial charge in [0.2, 0.25) is 0 Å². The van der Waals surface area contributed by atoms with Crippen molar-refractivity contribution in [3.8, 4) is 0 Å². The molecular weight excluding hydrogens is 300 g/mol. The van der Waals surface area contributed by atoms with E-state index in [-0.39, 0.29) is 5.38 Å². The Balaban J connectivity index is 2.79. The van der Waals surface area contributed by atoms with Crippen molar-refractivity contribution in [3.63, 3.8) is 0 Å². The molecule has 1 aromatic heterocycles. The molecule has 0 aliphatic carbocycles. The highest BCUT2D eigenvalue weighted by molar-refractivity contribution is 9.10. The molecule has 0 aliphatic heterocycles. The van der Waals surface area contributed by atoms with Crippen LogP contribution in [0, 0.1) is 5.92 Å². The minimum Gasteiger partial charge on any atom is -0.268 e. The maximum absolute atomic E-state index is 6.31. The first-order chi connectivity index (χ1) is 8.01. The Morgan fingerprint density at radius 2 is 2.00 bits per heavy atom. The molecule has 0 fully saturated rings. The number of hydrogen-bond donors (Lipinski definition) is 0. The highest BCUT2D eigenvalue weighted by Gasteiger charge is 2.16. The molecule has 0 saturated heterocycles. The summed E-state index contributed by atoms with van der Waals surface area (Å²) in [5.74, 6) is 0.527. The zero-order chi connectivity index (χ0) is 13.0. The van der Waals surface area contributed by atoms with Gasteiger partial charge in [0.1, 0.15) is 0 Å². The summed E-state index contributed by atoms with van der Waals surface area (Å²) < 4.78 is 3.27. The van der Waals surface area contributed by atoms with Gasteiger partial charge in [0.25, 0.3) is 0 Å². The fraction of sp³-hybridized carbons (Fsp3) is 0.769. The van der Waals surface area contributed by atoms with E-state index in [1.807, 2.05) is 0 Å². The molecule has 0 N–H and O–H groups in total. The predicted molar refractivity (Wildman–Crippen MR) is 77.8 cm³/mol. The van der Waals surface area contributed by atoms with Crippen LogP contribution in [0.3, 0.4) is 0 Å². The molecule has 0 amide bonds. The Hall–Kier alpha value is -0.0200. The van der Waals surface area contributed by atoms with Crippen LogP contribution in [-0.2, 0) is 19.4 Å². The topological polar surface area (TPSA) is 17.8 Å². The Morgan fingerprint density at radius 3 is 2.47 bits per heavy atom. The van der Waals surface area contributed by atoms with Gasteiger partial charge in [-0.2, -0.15) is 5.10 Å². The zero-order valence-electron chi connectivity index (χ0n) is 11.1. The Kier molecular flexibility index (Phi) is 6.01. The lowest BCUT2D eigenvalue weighted by atomic mass is 10.0. The fourth-order valence-corrected chi connectivity index (χ4v) is 2.74. The molecule has 1 heterocycles. The van der Waals surface area contributed by atoms with Gasteiger partial charge in [0, 0.05) is 11.9 Å². The fourth-order valence-electron chi connectivity index (χ4n) is 1.86. The van der Waals surface area contributed by atoms with Gasteiger partial charge in [-0.1, -0.05) is 20.8 Å². The van der Waals surface area contributed by atoms with Crippen molar-refractivity contribution in [3.05, 3.63) is 15.9 Å². The number of nitrogens with zero attached hydrogens (tertiary/aromatic N) is 2. The number of hydrogen-bond acceptors (Lipinski definition) is 1. The van der Waals surface area contributed by atoms with Gasteiger partial charge < -0.3 is 0 Å². The lowest BCUT2D eigenvalue weighted by Gasteiger charge is -2.13. The molecule has 98 valence electrons. The molecule has 1 atom stereocenters. The number of aromatic nitrogens is 2. The van der Waals surface area contributed by atoms with Crippen molar-refractivity contribution < 1.29 is 0 Å². The normalized spacial score (nSPS) is 13.4. The lowest BCUT2D eigenvalue weighted by Crippen LogP contribution is -2.11. The van der Waals surface area contributed by atoms with Crippen molar-refractivity contribution in [2.75, 3.05) is 0 Å². The molecule has 1 aromatic rings. The molecule has 2 nitrogen and oxygen atoms in total. The van der Waals surface area contributed by atoms with Crippen LogP contribution in [0.5, 0.6) is 0 Å². The first kappa shape index (κ1) is 15.0. The third kappa shape index (κ3) is 3.72.